The quantitative estimate of drug-likeness (QED) is 0.176. The first-order chi connectivity index (χ1) is 25.8. The van der Waals surface area contributed by atoms with Crippen LogP contribution in [0.25, 0.3) is 76.9 Å². The zero-order chi connectivity index (χ0) is 34.4. The summed E-state index contributed by atoms with van der Waals surface area (Å²) >= 11 is 0. The van der Waals surface area contributed by atoms with E-state index in [1.165, 1.54) is 49.5 Å². The minimum atomic E-state index is 0.869. The molecule has 0 aliphatic rings. The molecular weight excluding hydrogens is 631 g/mol. The third-order valence-electron chi connectivity index (χ3n) is 10.2. The molecule has 0 aliphatic carbocycles. The zero-order valence-corrected chi connectivity index (χ0v) is 28.4. The second-order valence-electron chi connectivity index (χ2n) is 13.3. The molecule has 52 heavy (non-hydrogen) atoms. The predicted octanol–water partition coefficient (Wildman–Crippen LogP) is 14.4. The maximum atomic E-state index is 6.67. The fourth-order valence-electron chi connectivity index (χ4n) is 7.75. The highest BCUT2D eigenvalue weighted by molar-refractivity contribution is 6.19. The molecule has 0 fully saturated rings. The van der Waals surface area contributed by atoms with E-state index in [4.69, 9.17) is 4.42 Å². The van der Waals surface area contributed by atoms with Gasteiger partial charge in [-0.15, -0.1) is 0 Å². The lowest BCUT2D eigenvalue weighted by molar-refractivity contribution is 0.672. The summed E-state index contributed by atoms with van der Waals surface area (Å²) in [7, 11) is 0. The summed E-state index contributed by atoms with van der Waals surface area (Å²) in [6, 6.07) is 71.7. The summed E-state index contributed by atoms with van der Waals surface area (Å²) in [5.41, 5.74) is 12.2. The molecule has 0 saturated heterocycles. The van der Waals surface area contributed by atoms with Crippen molar-refractivity contribution in [2.75, 3.05) is 4.90 Å². The molecule has 1 heterocycles. The Morgan fingerprint density at radius 3 is 1.79 bits per heavy atom. The summed E-state index contributed by atoms with van der Waals surface area (Å²) in [5.74, 6) is 0. The van der Waals surface area contributed by atoms with Crippen molar-refractivity contribution in [2.45, 2.75) is 0 Å². The minimum absolute atomic E-state index is 0.869. The Balaban J connectivity index is 1.16. The number of rotatable bonds is 6. The van der Waals surface area contributed by atoms with Crippen LogP contribution in [0.1, 0.15) is 0 Å². The van der Waals surface area contributed by atoms with Crippen molar-refractivity contribution in [1.82, 2.24) is 0 Å². The number of nitrogens with zero attached hydrogens (tertiary/aromatic N) is 1. The van der Waals surface area contributed by atoms with Crippen molar-refractivity contribution in [3.8, 4) is 33.4 Å². The molecule has 244 valence electrons. The van der Waals surface area contributed by atoms with Crippen LogP contribution < -0.4 is 4.90 Å². The lowest BCUT2D eigenvalue weighted by Gasteiger charge is -2.27. The summed E-state index contributed by atoms with van der Waals surface area (Å²) in [6.07, 6.45) is 0. The molecule has 2 heteroatoms. The molecule has 10 aromatic rings. The third kappa shape index (κ3) is 5.12. The van der Waals surface area contributed by atoms with Crippen molar-refractivity contribution in [2.24, 2.45) is 0 Å². The summed E-state index contributed by atoms with van der Waals surface area (Å²) in [4.78, 5) is 2.38. The number of hydrogen-bond donors (Lipinski definition) is 0. The summed E-state index contributed by atoms with van der Waals surface area (Å²) in [6.45, 7) is 0. The number of fused-ring (bicyclic) bond motifs is 6. The van der Waals surface area contributed by atoms with Gasteiger partial charge >= 0.3 is 0 Å². The van der Waals surface area contributed by atoms with E-state index in [0.29, 0.717) is 0 Å². The van der Waals surface area contributed by atoms with E-state index in [0.717, 1.165) is 44.4 Å². The van der Waals surface area contributed by atoms with Crippen LogP contribution in [-0.2, 0) is 0 Å². The first-order valence-corrected chi connectivity index (χ1v) is 17.8. The Morgan fingerprint density at radius 2 is 0.962 bits per heavy atom. The molecule has 1 aromatic heterocycles. The molecule has 0 radical (unpaired) electrons. The van der Waals surface area contributed by atoms with Crippen molar-refractivity contribution >= 4 is 60.5 Å². The molecule has 0 aliphatic heterocycles. The highest BCUT2D eigenvalue weighted by Gasteiger charge is 2.21. The Hall–Kier alpha value is -6.90. The smallest absolute Gasteiger partial charge is 0.143 e. The van der Waals surface area contributed by atoms with Gasteiger partial charge in [-0.2, -0.15) is 0 Å². The van der Waals surface area contributed by atoms with Crippen molar-refractivity contribution in [1.29, 1.82) is 0 Å². The number of hydrogen-bond acceptors (Lipinski definition) is 2. The predicted molar refractivity (Wildman–Crippen MR) is 220 cm³/mol. The monoisotopic (exact) mass is 663 g/mol. The highest BCUT2D eigenvalue weighted by atomic mass is 16.3. The van der Waals surface area contributed by atoms with E-state index in [9.17, 15) is 0 Å². The molecule has 0 atom stereocenters. The fourth-order valence-corrected chi connectivity index (χ4v) is 7.75. The largest absolute Gasteiger partial charge is 0.455 e. The number of anilines is 3. The molecule has 0 bridgehead atoms. The van der Waals surface area contributed by atoms with Crippen LogP contribution in [0.4, 0.5) is 17.1 Å². The maximum absolute atomic E-state index is 6.67. The van der Waals surface area contributed by atoms with Gasteiger partial charge in [0.25, 0.3) is 0 Å². The van der Waals surface area contributed by atoms with Gasteiger partial charge in [-0.05, 0) is 98.1 Å². The Labute approximate surface area is 302 Å². The topological polar surface area (TPSA) is 16.4 Å². The molecule has 2 nitrogen and oxygen atoms in total. The summed E-state index contributed by atoms with van der Waals surface area (Å²) < 4.78 is 6.67. The van der Waals surface area contributed by atoms with Gasteiger partial charge in [0.2, 0.25) is 0 Å². The molecule has 0 unspecified atom stereocenters. The standard InChI is InChI=1S/C50H33NO/c1-2-12-34(13-3-1)38-17-8-18-39(32-38)35-26-29-41(30-27-35)51(42-20-9-19-40(33-42)44-23-10-16-36-14-4-6-21-43(36)44)47-24-11-25-48-49(47)46-31-28-37-15-5-7-22-45(37)50(46)52-48/h1-33H. The Kier molecular flexibility index (Phi) is 7.18. The van der Waals surface area contributed by atoms with Gasteiger partial charge in [-0.3, -0.25) is 0 Å². The van der Waals surface area contributed by atoms with Crippen molar-refractivity contribution in [3.05, 3.63) is 200 Å². The molecule has 10 rings (SSSR count). The van der Waals surface area contributed by atoms with Crippen molar-refractivity contribution in [3.63, 3.8) is 0 Å². The minimum Gasteiger partial charge on any atom is -0.455 e. The summed E-state index contributed by atoms with van der Waals surface area (Å²) in [5, 5.41) is 6.96. The normalized spacial score (nSPS) is 11.5. The SMILES string of the molecule is c1ccc(-c2cccc(-c3ccc(N(c4cccc(-c5cccc6ccccc56)c4)c4cccc5oc6c7ccccc7ccc6c45)cc3)c2)cc1. The first kappa shape index (κ1) is 30.0. The lowest BCUT2D eigenvalue weighted by Crippen LogP contribution is -2.10. The van der Waals surface area contributed by atoms with E-state index in [-0.39, 0.29) is 0 Å². The van der Waals surface area contributed by atoms with E-state index in [2.05, 4.69) is 205 Å². The number of furan rings is 1. The van der Waals surface area contributed by atoms with Gasteiger partial charge < -0.3 is 9.32 Å². The first-order valence-electron chi connectivity index (χ1n) is 17.8. The van der Waals surface area contributed by atoms with Crippen LogP contribution >= 0.6 is 0 Å². The average Bonchev–Trinajstić information content (AvgIpc) is 3.62. The van der Waals surface area contributed by atoms with Crippen molar-refractivity contribution < 1.29 is 4.42 Å². The van der Waals surface area contributed by atoms with Crippen LogP contribution in [0.2, 0.25) is 0 Å². The van der Waals surface area contributed by atoms with E-state index < -0.39 is 0 Å². The lowest BCUT2D eigenvalue weighted by atomic mass is 9.97. The van der Waals surface area contributed by atoms with Gasteiger partial charge in [0.1, 0.15) is 11.2 Å². The van der Waals surface area contributed by atoms with Crippen LogP contribution in [0.5, 0.6) is 0 Å². The second kappa shape index (κ2) is 12.5. The Morgan fingerprint density at radius 1 is 0.346 bits per heavy atom. The molecular formula is C50H33NO. The molecule has 0 amide bonds. The zero-order valence-electron chi connectivity index (χ0n) is 28.4. The van der Waals surface area contributed by atoms with Crippen LogP contribution in [0, 0.1) is 0 Å². The molecule has 0 saturated carbocycles. The average molecular weight is 664 g/mol. The van der Waals surface area contributed by atoms with E-state index in [1.807, 2.05) is 0 Å². The van der Waals surface area contributed by atoms with Gasteiger partial charge in [-0.1, -0.05) is 152 Å². The van der Waals surface area contributed by atoms with Gasteiger partial charge in [0.15, 0.2) is 0 Å². The van der Waals surface area contributed by atoms with Crippen LogP contribution in [-0.4, -0.2) is 0 Å². The maximum Gasteiger partial charge on any atom is 0.143 e. The molecule has 9 aromatic carbocycles. The molecule has 0 spiro atoms. The highest BCUT2D eigenvalue weighted by Crippen LogP contribution is 2.45. The fraction of sp³-hybridized carbons (Fsp3) is 0. The Bertz CT molecular complexity index is 2900. The van der Waals surface area contributed by atoms with Gasteiger partial charge in [0.05, 0.1) is 11.1 Å². The molecule has 0 N–H and O–H groups in total. The van der Waals surface area contributed by atoms with Crippen LogP contribution in [0.3, 0.4) is 0 Å². The van der Waals surface area contributed by atoms with Gasteiger partial charge in [0, 0.05) is 22.1 Å². The van der Waals surface area contributed by atoms with E-state index in [1.54, 1.807) is 0 Å². The van der Waals surface area contributed by atoms with E-state index >= 15 is 0 Å². The number of benzene rings is 9. The third-order valence-corrected chi connectivity index (χ3v) is 10.2. The second-order valence-corrected chi connectivity index (χ2v) is 13.3. The van der Waals surface area contributed by atoms with Crippen LogP contribution in [0.15, 0.2) is 205 Å². The van der Waals surface area contributed by atoms with Gasteiger partial charge in [-0.25, -0.2) is 0 Å².